The van der Waals surface area contributed by atoms with Gasteiger partial charge in [0, 0.05) is 25.6 Å². The predicted molar refractivity (Wildman–Crippen MR) is 105 cm³/mol. The zero-order chi connectivity index (χ0) is 20.8. The van der Waals surface area contributed by atoms with Gasteiger partial charge in [0.05, 0.1) is 5.69 Å². The van der Waals surface area contributed by atoms with Crippen LogP contribution in [-0.4, -0.2) is 43.4 Å². The van der Waals surface area contributed by atoms with Gasteiger partial charge in [-0.05, 0) is 51.2 Å². The Morgan fingerprint density at radius 2 is 1.93 bits per heavy atom. The van der Waals surface area contributed by atoms with Gasteiger partial charge in [0.15, 0.2) is 5.76 Å². The van der Waals surface area contributed by atoms with Gasteiger partial charge in [-0.3, -0.25) is 4.79 Å². The lowest BCUT2D eigenvalue weighted by atomic mass is 9.94. The molecule has 3 heterocycles. The Balaban J connectivity index is 1.49. The molecule has 29 heavy (non-hydrogen) atoms. The minimum atomic E-state index is -3.72. The molecular formula is C20H24FN3O4S. The molecule has 0 N–H and O–H groups in total. The van der Waals surface area contributed by atoms with Crippen molar-refractivity contribution in [3.8, 4) is 0 Å². The molecule has 0 saturated carbocycles. The summed E-state index contributed by atoms with van der Waals surface area (Å²) in [6, 6.07) is 4.90. The fourth-order valence-electron chi connectivity index (χ4n) is 4.36. The normalized spacial score (nSPS) is 18.7. The second-order valence-electron chi connectivity index (χ2n) is 7.67. The number of aromatic nitrogens is 1. The quantitative estimate of drug-likeness (QED) is 0.761. The van der Waals surface area contributed by atoms with E-state index in [2.05, 4.69) is 5.16 Å². The summed E-state index contributed by atoms with van der Waals surface area (Å²) < 4.78 is 46.7. The number of hydrogen-bond acceptors (Lipinski definition) is 5. The molecule has 0 radical (unpaired) electrons. The molecular weight excluding hydrogens is 397 g/mol. The monoisotopic (exact) mass is 421 g/mol. The standard InChI is InChI=1S/C20H24FN3O4S/c1-13-19(14(2)28-22-13)29(26,27)23-11-8-16(9-12-23)20(25)24-10-4-6-15-5-3-7-17(21)18(15)24/h3,5,7,16H,4,6,8-12H2,1-2H3. The fraction of sp³-hybridized carbons (Fsp3) is 0.500. The molecule has 2 aromatic rings. The Bertz CT molecular complexity index is 1020. The number of anilines is 1. The summed E-state index contributed by atoms with van der Waals surface area (Å²) in [7, 11) is -3.72. The topological polar surface area (TPSA) is 83.7 Å². The Morgan fingerprint density at radius 3 is 2.59 bits per heavy atom. The number of benzene rings is 1. The number of fused-ring (bicyclic) bond motifs is 1. The fourth-order valence-corrected chi connectivity index (χ4v) is 6.12. The molecule has 7 nitrogen and oxygen atoms in total. The number of carbonyl (C=O) groups is 1. The molecule has 0 aliphatic carbocycles. The van der Waals surface area contributed by atoms with Gasteiger partial charge >= 0.3 is 0 Å². The molecule has 1 aromatic carbocycles. The summed E-state index contributed by atoms with van der Waals surface area (Å²) in [5, 5.41) is 3.73. The minimum Gasteiger partial charge on any atom is -0.360 e. The number of carbonyl (C=O) groups excluding carboxylic acids is 1. The van der Waals surface area contributed by atoms with Crippen molar-refractivity contribution < 1.29 is 22.1 Å². The van der Waals surface area contributed by atoms with Gasteiger partial charge in [0.25, 0.3) is 0 Å². The first-order valence-corrected chi connectivity index (χ1v) is 11.3. The maximum atomic E-state index is 14.4. The van der Waals surface area contributed by atoms with Crippen LogP contribution in [0.25, 0.3) is 0 Å². The van der Waals surface area contributed by atoms with Crippen molar-refractivity contribution in [2.45, 2.75) is 44.4 Å². The molecule has 1 fully saturated rings. The molecule has 0 spiro atoms. The minimum absolute atomic E-state index is 0.106. The van der Waals surface area contributed by atoms with E-state index in [1.165, 1.54) is 10.4 Å². The largest absolute Gasteiger partial charge is 0.360 e. The summed E-state index contributed by atoms with van der Waals surface area (Å²) in [5.41, 5.74) is 1.57. The highest BCUT2D eigenvalue weighted by Crippen LogP contribution is 2.34. The average molecular weight is 421 g/mol. The maximum Gasteiger partial charge on any atom is 0.248 e. The van der Waals surface area contributed by atoms with E-state index < -0.39 is 10.0 Å². The van der Waals surface area contributed by atoms with Crippen molar-refractivity contribution in [2.75, 3.05) is 24.5 Å². The van der Waals surface area contributed by atoms with E-state index in [0.717, 1.165) is 18.4 Å². The number of amides is 1. The Hall–Kier alpha value is -2.26. The maximum absolute atomic E-state index is 14.4. The van der Waals surface area contributed by atoms with Crippen molar-refractivity contribution in [1.29, 1.82) is 0 Å². The molecule has 9 heteroatoms. The molecule has 2 aliphatic rings. The molecule has 0 bridgehead atoms. The number of para-hydroxylation sites is 1. The lowest BCUT2D eigenvalue weighted by Crippen LogP contribution is -2.46. The highest BCUT2D eigenvalue weighted by Gasteiger charge is 2.37. The highest BCUT2D eigenvalue weighted by atomic mass is 32.2. The zero-order valence-electron chi connectivity index (χ0n) is 16.5. The van der Waals surface area contributed by atoms with Gasteiger partial charge in [-0.1, -0.05) is 17.3 Å². The summed E-state index contributed by atoms with van der Waals surface area (Å²) in [6.45, 7) is 4.14. The van der Waals surface area contributed by atoms with E-state index in [1.807, 2.05) is 6.07 Å². The number of rotatable bonds is 3. The molecule has 2 aliphatic heterocycles. The third kappa shape index (κ3) is 3.46. The summed E-state index contributed by atoms with van der Waals surface area (Å²) >= 11 is 0. The zero-order valence-corrected chi connectivity index (χ0v) is 17.3. The molecule has 156 valence electrons. The van der Waals surface area contributed by atoms with Crippen molar-refractivity contribution in [2.24, 2.45) is 5.92 Å². The smallest absolute Gasteiger partial charge is 0.248 e. The van der Waals surface area contributed by atoms with Crippen molar-refractivity contribution in [3.63, 3.8) is 0 Å². The molecule has 1 aromatic heterocycles. The van der Waals surface area contributed by atoms with E-state index in [0.29, 0.717) is 30.8 Å². The third-order valence-electron chi connectivity index (χ3n) is 5.80. The van der Waals surface area contributed by atoms with Crippen LogP contribution in [0.1, 0.15) is 36.3 Å². The lowest BCUT2D eigenvalue weighted by molar-refractivity contribution is -0.123. The Kier molecular flexibility index (Phi) is 5.20. The number of aryl methyl sites for hydroxylation is 3. The van der Waals surface area contributed by atoms with E-state index in [4.69, 9.17) is 4.52 Å². The van der Waals surface area contributed by atoms with E-state index >= 15 is 0 Å². The van der Waals surface area contributed by atoms with Gasteiger partial charge in [-0.15, -0.1) is 0 Å². The SMILES string of the molecule is Cc1noc(C)c1S(=O)(=O)N1CCC(C(=O)N2CCCc3cccc(F)c32)CC1. The van der Waals surface area contributed by atoms with Gasteiger partial charge in [0.1, 0.15) is 16.4 Å². The van der Waals surface area contributed by atoms with Crippen molar-refractivity contribution >= 4 is 21.6 Å². The highest BCUT2D eigenvalue weighted by molar-refractivity contribution is 7.89. The third-order valence-corrected chi connectivity index (χ3v) is 7.95. The van der Waals surface area contributed by atoms with Crippen LogP contribution in [0.3, 0.4) is 0 Å². The van der Waals surface area contributed by atoms with E-state index in [-0.39, 0.29) is 41.4 Å². The van der Waals surface area contributed by atoms with E-state index in [1.54, 1.807) is 24.8 Å². The average Bonchev–Trinajstić information content (AvgIpc) is 3.06. The first kappa shape index (κ1) is 20.0. The van der Waals surface area contributed by atoms with Crippen LogP contribution in [0.4, 0.5) is 10.1 Å². The van der Waals surface area contributed by atoms with Crippen LogP contribution in [0.2, 0.25) is 0 Å². The number of nitrogens with zero attached hydrogens (tertiary/aromatic N) is 3. The number of piperidine rings is 1. The molecule has 4 rings (SSSR count). The Labute approximate surface area is 169 Å². The van der Waals surface area contributed by atoms with Crippen LogP contribution in [0, 0.1) is 25.6 Å². The Morgan fingerprint density at radius 1 is 1.21 bits per heavy atom. The second kappa shape index (κ2) is 7.53. The number of hydrogen-bond donors (Lipinski definition) is 0. The second-order valence-corrected chi connectivity index (χ2v) is 9.55. The van der Waals surface area contributed by atoms with Gasteiger partial charge in [-0.25, -0.2) is 12.8 Å². The lowest BCUT2D eigenvalue weighted by Gasteiger charge is -2.36. The van der Waals surface area contributed by atoms with Gasteiger partial charge in [0.2, 0.25) is 15.9 Å². The van der Waals surface area contributed by atoms with Crippen LogP contribution in [0.15, 0.2) is 27.6 Å². The number of halogens is 1. The summed E-state index contributed by atoms with van der Waals surface area (Å²) in [6.07, 6.45) is 2.36. The number of sulfonamides is 1. The first-order chi connectivity index (χ1) is 13.8. The summed E-state index contributed by atoms with van der Waals surface area (Å²) in [4.78, 5) is 14.8. The van der Waals surface area contributed by atoms with E-state index in [9.17, 15) is 17.6 Å². The summed E-state index contributed by atoms with van der Waals surface area (Å²) in [5.74, 6) is -0.558. The van der Waals surface area contributed by atoms with Crippen LogP contribution < -0.4 is 4.90 Å². The van der Waals surface area contributed by atoms with Crippen LogP contribution in [0.5, 0.6) is 0 Å². The van der Waals surface area contributed by atoms with Crippen LogP contribution >= 0.6 is 0 Å². The first-order valence-electron chi connectivity index (χ1n) is 9.82. The van der Waals surface area contributed by atoms with Crippen molar-refractivity contribution in [3.05, 3.63) is 41.0 Å². The van der Waals surface area contributed by atoms with Gasteiger partial charge in [-0.2, -0.15) is 4.31 Å². The molecule has 0 atom stereocenters. The predicted octanol–water partition coefficient (Wildman–Crippen LogP) is 2.81. The van der Waals surface area contributed by atoms with Crippen LogP contribution in [-0.2, 0) is 21.2 Å². The van der Waals surface area contributed by atoms with Gasteiger partial charge < -0.3 is 9.42 Å². The molecule has 1 amide bonds. The molecule has 0 unspecified atom stereocenters. The van der Waals surface area contributed by atoms with Crippen molar-refractivity contribution in [1.82, 2.24) is 9.46 Å². The molecule has 1 saturated heterocycles.